The fraction of sp³-hybridized carbons (Fsp3) is 0.500. The van der Waals surface area contributed by atoms with Crippen LogP contribution in [0.4, 0.5) is 0 Å². The third-order valence-electron chi connectivity index (χ3n) is 2.98. The number of hydrogen-bond donors (Lipinski definition) is 1. The van der Waals surface area contributed by atoms with Crippen molar-refractivity contribution in [3.8, 4) is 0 Å². The number of benzene rings is 1. The molecule has 20 heavy (non-hydrogen) atoms. The molecule has 0 saturated carbocycles. The highest BCUT2D eigenvalue weighted by Crippen LogP contribution is 2.15. The number of aromatic nitrogens is 2. The molecule has 0 aliphatic rings. The van der Waals surface area contributed by atoms with Crippen LogP contribution < -0.4 is 5.32 Å². The van der Waals surface area contributed by atoms with E-state index >= 15 is 0 Å². The average Bonchev–Trinajstić information content (AvgIpc) is 2.78. The van der Waals surface area contributed by atoms with Crippen molar-refractivity contribution in [1.29, 1.82) is 0 Å². The van der Waals surface area contributed by atoms with Crippen LogP contribution in [-0.2, 0) is 12.8 Å². The summed E-state index contributed by atoms with van der Waals surface area (Å²) >= 11 is 1.72. The first-order chi connectivity index (χ1) is 9.42. The normalized spacial score (nSPS) is 11.8. The topological polar surface area (TPSA) is 37.8 Å². The third-order valence-corrected chi connectivity index (χ3v) is 3.96. The van der Waals surface area contributed by atoms with E-state index in [0.29, 0.717) is 0 Å². The number of rotatable bonds is 5. The molecule has 4 heteroatoms. The van der Waals surface area contributed by atoms with Crippen molar-refractivity contribution < 1.29 is 0 Å². The summed E-state index contributed by atoms with van der Waals surface area (Å²) in [6.45, 7) is 9.58. The zero-order chi connectivity index (χ0) is 14.6. The molecule has 0 amide bonds. The van der Waals surface area contributed by atoms with Gasteiger partial charge in [0.05, 0.1) is 0 Å². The Bertz CT molecular complexity index is 538. The minimum atomic E-state index is 0.162. The smallest absolute Gasteiger partial charge is 0.121 e. The molecule has 1 N–H and O–H groups in total. The maximum Gasteiger partial charge on any atom is 0.121 e. The summed E-state index contributed by atoms with van der Waals surface area (Å²) in [5, 5.41) is 14.3. The van der Waals surface area contributed by atoms with Crippen LogP contribution in [0.25, 0.3) is 0 Å². The van der Waals surface area contributed by atoms with Gasteiger partial charge in [-0.15, -0.1) is 21.5 Å². The van der Waals surface area contributed by atoms with Gasteiger partial charge < -0.3 is 5.32 Å². The summed E-state index contributed by atoms with van der Waals surface area (Å²) < 4.78 is 0. The molecule has 1 aromatic carbocycles. The zero-order valence-electron chi connectivity index (χ0n) is 12.7. The second-order valence-corrected chi connectivity index (χ2v) is 7.33. The Morgan fingerprint density at radius 1 is 1.05 bits per heavy atom. The van der Waals surface area contributed by atoms with E-state index in [2.05, 4.69) is 67.5 Å². The second-order valence-electron chi connectivity index (χ2n) is 6.18. The van der Waals surface area contributed by atoms with E-state index in [1.165, 1.54) is 11.1 Å². The van der Waals surface area contributed by atoms with Crippen molar-refractivity contribution in [1.82, 2.24) is 15.5 Å². The molecular weight excluding hydrogens is 266 g/mol. The van der Waals surface area contributed by atoms with E-state index in [9.17, 15) is 0 Å². The summed E-state index contributed by atoms with van der Waals surface area (Å²) in [5.41, 5.74) is 2.75. The Morgan fingerprint density at radius 2 is 1.70 bits per heavy atom. The maximum absolute atomic E-state index is 4.29. The van der Waals surface area contributed by atoms with Gasteiger partial charge in [-0.05, 0) is 33.3 Å². The standard InChI is InChI=1S/C16H23N3S/c1-12-5-7-13(8-6-12)11-15-19-18-14(20-15)9-10-17-16(2,3)4/h5-8,17H,9-11H2,1-4H3. The van der Waals surface area contributed by atoms with Gasteiger partial charge in [0.25, 0.3) is 0 Å². The lowest BCUT2D eigenvalue weighted by atomic mass is 10.1. The molecule has 3 nitrogen and oxygen atoms in total. The molecule has 2 aromatic rings. The first-order valence-electron chi connectivity index (χ1n) is 7.04. The van der Waals surface area contributed by atoms with E-state index in [0.717, 1.165) is 29.4 Å². The van der Waals surface area contributed by atoms with Crippen LogP contribution in [0, 0.1) is 6.92 Å². The predicted octanol–water partition coefficient (Wildman–Crippen LogP) is 3.37. The number of nitrogens with zero attached hydrogens (tertiary/aromatic N) is 2. The predicted molar refractivity (Wildman–Crippen MR) is 85.4 cm³/mol. The summed E-state index contributed by atoms with van der Waals surface area (Å²) in [6, 6.07) is 8.62. The van der Waals surface area contributed by atoms with Crippen molar-refractivity contribution in [2.24, 2.45) is 0 Å². The lowest BCUT2D eigenvalue weighted by molar-refractivity contribution is 0.429. The van der Waals surface area contributed by atoms with E-state index < -0.39 is 0 Å². The van der Waals surface area contributed by atoms with Gasteiger partial charge in [0.15, 0.2) is 0 Å². The van der Waals surface area contributed by atoms with Gasteiger partial charge >= 0.3 is 0 Å². The van der Waals surface area contributed by atoms with E-state index in [1.54, 1.807) is 11.3 Å². The fourth-order valence-electron chi connectivity index (χ4n) is 1.89. The highest BCUT2D eigenvalue weighted by atomic mass is 32.1. The van der Waals surface area contributed by atoms with Gasteiger partial charge in [-0.25, -0.2) is 0 Å². The quantitative estimate of drug-likeness (QED) is 0.917. The Labute approximate surface area is 125 Å². The van der Waals surface area contributed by atoms with Crippen molar-refractivity contribution in [3.63, 3.8) is 0 Å². The molecule has 0 bridgehead atoms. The van der Waals surface area contributed by atoms with Gasteiger partial charge in [-0.2, -0.15) is 0 Å². The van der Waals surface area contributed by atoms with Crippen molar-refractivity contribution in [2.45, 2.75) is 46.1 Å². The van der Waals surface area contributed by atoms with Crippen LogP contribution in [0.2, 0.25) is 0 Å². The van der Waals surface area contributed by atoms with Crippen LogP contribution in [0.5, 0.6) is 0 Å². The zero-order valence-corrected chi connectivity index (χ0v) is 13.5. The lowest BCUT2D eigenvalue weighted by Gasteiger charge is -2.19. The van der Waals surface area contributed by atoms with Gasteiger partial charge in [-0.3, -0.25) is 0 Å². The molecule has 1 heterocycles. The molecule has 0 spiro atoms. The minimum Gasteiger partial charge on any atom is -0.312 e. The van der Waals surface area contributed by atoms with Crippen LogP contribution >= 0.6 is 11.3 Å². The Morgan fingerprint density at radius 3 is 2.35 bits per heavy atom. The monoisotopic (exact) mass is 289 g/mol. The van der Waals surface area contributed by atoms with Crippen molar-refractivity contribution in [2.75, 3.05) is 6.54 Å². The van der Waals surface area contributed by atoms with E-state index in [1.807, 2.05) is 0 Å². The van der Waals surface area contributed by atoms with Crippen LogP contribution in [-0.4, -0.2) is 22.3 Å². The number of aryl methyl sites for hydroxylation is 1. The van der Waals surface area contributed by atoms with Gasteiger partial charge in [0, 0.05) is 24.9 Å². The maximum atomic E-state index is 4.29. The Kier molecular flexibility index (Phi) is 4.89. The third kappa shape index (κ3) is 5.02. The molecule has 0 atom stereocenters. The van der Waals surface area contributed by atoms with Crippen LogP contribution in [0.3, 0.4) is 0 Å². The molecule has 0 saturated heterocycles. The van der Waals surface area contributed by atoms with Crippen molar-refractivity contribution in [3.05, 3.63) is 45.4 Å². The molecule has 1 aromatic heterocycles. The molecule has 2 rings (SSSR count). The average molecular weight is 289 g/mol. The highest BCUT2D eigenvalue weighted by Gasteiger charge is 2.10. The Hall–Kier alpha value is -1.26. The highest BCUT2D eigenvalue weighted by molar-refractivity contribution is 7.11. The lowest BCUT2D eigenvalue weighted by Crippen LogP contribution is -2.37. The molecule has 0 radical (unpaired) electrons. The van der Waals surface area contributed by atoms with E-state index in [-0.39, 0.29) is 5.54 Å². The molecular formula is C16H23N3S. The van der Waals surface area contributed by atoms with Crippen LogP contribution in [0.1, 0.15) is 41.9 Å². The summed E-state index contributed by atoms with van der Waals surface area (Å²) in [7, 11) is 0. The fourth-order valence-corrected chi connectivity index (χ4v) is 2.76. The second kappa shape index (κ2) is 6.46. The van der Waals surface area contributed by atoms with E-state index in [4.69, 9.17) is 0 Å². The number of nitrogens with one attached hydrogen (secondary N) is 1. The number of hydrogen-bond acceptors (Lipinski definition) is 4. The van der Waals surface area contributed by atoms with Crippen molar-refractivity contribution >= 4 is 11.3 Å². The first-order valence-corrected chi connectivity index (χ1v) is 7.86. The molecule has 0 aliphatic heterocycles. The van der Waals surface area contributed by atoms with Gasteiger partial charge in [0.1, 0.15) is 10.0 Å². The molecule has 108 valence electrons. The largest absolute Gasteiger partial charge is 0.312 e. The molecule has 0 fully saturated rings. The molecule has 0 aliphatic carbocycles. The summed E-state index contributed by atoms with van der Waals surface area (Å²) in [6.07, 6.45) is 1.83. The molecule has 0 unspecified atom stereocenters. The SMILES string of the molecule is Cc1ccc(Cc2nnc(CCNC(C)(C)C)s2)cc1. The van der Waals surface area contributed by atoms with Gasteiger partial charge in [0.2, 0.25) is 0 Å². The first kappa shape index (κ1) is 15.1. The summed E-state index contributed by atoms with van der Waals surface area (Å²) in [4.78, 5) is 0. The minimum absolute atomic E-state index is 0.162. The van der Waals surface area contributed by atoms with Gasteiger partial charge in [-0.1, -0.05) is 29.8 Å². The Balaban J connectivity index is 1.87. The summed E-state index contributed by atoms with van der Waals surface area (Å²) in [5.74, 6) is 0. The van der Waals surface area contributed by atoms with Crippen LogP contribution in [0.15, 0.2) is 24.3 Å².